The average Bonchev–Trinajstić information content (AvgIpc) is 2.36. The highest BCUT2D eigenvalue weighted by Crippen LogP contribution is 2.31. The topological polar surface area (TPSA) is 66.4 Å². The van der Waals surface area contributed by atoms with E-state index in [1.165, 1.54) is 0 Å². The van der Waals surface area contributed by atoms with Crippen LogP contribution in [0.1, 0.15) is 45.4 Å². The maximum Gasteiger partial charge on any atom is 0.391 e. The Bertz CT molecular complexity index is 349. The molecule has 1 rings (SSSR count). The molecule has 0 aromatic rings. The van der Waals surface area contributed by atoms with Gasteiger partial charge in [-0.05, 0) is 31.6 Å². The maximum absolute atomic E-state index is 12.2. The van der Waals surface area contributed by atoms with E-state index in [1.807, 2.05) is 5.32 Å². The second-order valence-corrected chi connectivity index (χ2v) is 5.34. The zero-order valence-electron chi connectivity index (χ0n) is 11.4. The molecule has 0 aromatic carbocycles. The number of carbonyl (C=O) groups excluding carboxylic acids is 1. The lowest BCUT2D eigenvalue weighted by atomic mass is 9.80. The molecule has 1 aliphatic rings. The van der Waals surface area contributed by atoms with Gasteiger partial charge in [0.2, 0.25) is 5.91 Å². The fraction of sp³-hybridized carbons (Fsp3) is 0.846. The molecule has 1 atom stereocenters. The molecular formula is C13H20F3NO3. The number of hydrogen-bond donors (Lipinski definition) is 2. The van der Waals surface area contributed by atoms with Crippen molar-refractivity contribution in [1.82, 2.24) is 5.32 Å². The van der Waals surface area contributed by atoms with E-state index in [0.717, 1.165) is 19.3 Å². The Morgan fingerprint density at radius 1 is 1.25 bits per heavy atom. The predicted molar refractivity (Wildman–Crippen MR) is 66.0 cm³/mol. The summed E-state index contributed by atoms with van der Waals surface area (Å²) in [5.41, 5.74) is 0. The van der Waals surface area contributed by atoms with Crippen LogP contribution in [0.5, 0.6) is 0 Å². The molecular weight excluding hydrogens is 275 g/mol. The molecule has 2 N–H and O–H groups in total. The molecule has 0 aliphatic heterocycles. The van der Waals surface area contributed by atoms with Crippen LogP contribution in [0.4, 0.5) is 13.2 Å². The maximum atomic E-state index is 12.2. The molecule has 0 spiro atoms. The first-order chi connectivity index (χ1) is 9.23. The normalized spacial score (nSPS) is 25.0. The second-order valence-electron chi connectivity index (χ2n) is 5.34. The smallest absolute Gasteiger partial charge is 0.391 e. The summed E-state index contributed by atoms with van der Waals surface area (Å²) in [6, 6.07) is -1.90. The molecule has 4 nitrogen and oxygen atoms in total. The molecule has 1 aliphatic carbocycles. The van der Waals surface area contributed by atoms with Crippen LogP contribution in [0.3, 0.4) is 0 Å². The van der Waals surface area contributed by atoms with Crippen molar-refractivity contribution < 1.29 is 27.9 Å². The van der Waals surface area contributed by atoms with Crippen LogP contribution in [0, 0.1) is 11.8 Å². The summed E-state index contributed by atoms with van der Waals surface area (Å²) in [6.45, 7) is 2.06. The molecule has 7 heteroatoms. The molecule has 0 heterocycles. The van der Waals surface area contributed by atoms with Crippen LogP contribution in [0.25, 0.3) is 0 Å². The van der Waals surface area contributed by atoms with E-state index < -0.39 is 30.5 Å². The van der Waals surface area contributed by atoms with Gasteiger partial charge in [-0.3, -0.25) is 4.79 Å². The summed E-state index contributed by atoms with van der Waals surface area (Å²) < 4.78 is 36.7. The Morgan fingerprint density at radius 3 is 2.20 bits per heavy atom. The number of carboxylic acid groups (broad SMARTS) is 1. The average molecular weight is 295 g/mol. The third kappa shape index (κ3) is 5.38. The summed E-state index contributed by atoms with van der Waals surface area (Å²) in [5, 5.41) is 10.8. The number of alkyl halides is 3. The van der Waals surface area contributed by atoms with Gasteiger partial charge in [-0.25, -0.2) is 4.79 Å². The van der Waals surface area contributed by atoms with Crippen molar-refractivity contribution in [3.8, 4) is 0 Å². The summed E-state index contributed by atoms with van der Waals surface area (Å²) >= 11 is 0. The van der Waals surface area contributed by atoms with E-state index in [1.54, 1.807) is 0 Å². The molecule has 1 fully saturated rings. The lowest BCUT2D eigenvalue weighted by molar-refractivity contribution is -0.160. The monoisotopic (exact) mass is 295 g/mol. The van der Waals surface area contributed by atoms with Gasteiger partial charge in [0.25, 0.3) is 0 Å². The number of rotatable bonds is 5. The minimum absolute atomic E-state index is 0.368. The highest BCUT2D eigenvalue weighted by Gasteiger charge is 2.37. The van der Waals surface area contributed by atoms with Gasteiger partial charge in [-0.15, -0.1) is 0 Å². The fourth-order valence-electron chi connectivity index (χ4n) is 2.55. The molecule has 1 unspecified atom stereocenters. The van der Waals surface area contributed by atoms with Gasteiger partial charge >= 0.3 is 12.1 Å². The number of hydrogen-bond acceptors (Lipinski definition) is 2. The zero-order chi connectivity index (χ0) is 15.3. The van der Waals surface area contributed by atoms with Crippen LogP contribution in [0.15, 0.2) is 0 Å². The number of carboxylic acids is 1. The summed E-state index contributed by atoms with van der Waals surface area (Å²) in [4.78, 5) is 22.6. The summed E-state index contributed by atoms with van der Waals surface area (Å²) in [5.74, 6) is -2.04. The number of amides is 1. The summed E-state index contributed by atoms with van der Waals surface area (Å²) in [6.07, 6.45) is -2.17. The first-order valence-electron chi connectivity index (χ1n) is 6.82. The second kappa shape index (κ2) is 6.95. The Hall–Kier alpha value is -1.27. The SMILES string of the molecule is CCC1CCC(C(=O)NC(CC(F)(F)F)C(=O)O)CC1. The third-order valence-corrected chi connectivity index (χ3v) is 3.85. The standard InChI is InChI=1S/C13H20F3NO3/c1-2-8-3-5-9(6-4-8)11(18)17-10(12(19)20)7-13(14,15)16/h8-10H,2-7H2,1H3,(H,17,18)(H,19,20). The van der Waals surface area contributed by atoms with E-state index in [0.29, 0.717) is 18.8 Å². The van der Waals surface area contributed by atoms with Crippen LogP contribution in [0.2, 0.25) is 0 Å². The van der Waals surface area contributed by atoms with Crippen LogP contribution in [-0.2, 0) is 9.59 Å². The van der Waals surface area contributed by atoms with Crippen molar-refractivity contribution in [3.05, 3.63) is 0 Å². The Kier molecular flexibility index (Phi) is 5.83. The molecule has 20 heavy (non-hydrogen) atoms. The number of nitrogens with one attached hydrogen (secondary N) is 1. The summed E-state index contributed by atoms with van der Waals surface area (Å²) in [7, 11) is 0. The molecule has 0 bridgehead atoms. The highest BCUT2D eigenvalue weighted by atomic mass is 19.4. The molecule has 1 saturated carbocycles. The van der Waals surface area contributed by atoms with Crippen LogP contribution in [-0.4, -0.2) is 29.2 Å². The van der Waals surface area contributed by atoms with Gasteiger partial charge in [0.1, 0.15) is 6.04 Å². The Balaban J connectivity index is 2.52. The molecule has 1 amide bonds. The van der Waals surface area contributed by atoms with Crippen LogP contribution < -0.4 is 5.32 Å². The first-order valence-corrected chi connectivity index (χ1v) is 6.82. The van der Waals surface area contributed by atoms with Crippen molar-refractivity contribution >= 4 is 11.9 Å². The van der Waals surface area contributed by atoms with Crippen molar-refractivity contribution in [2.75, 3.05) is 0 Å². The fourth-order valence-corrected chi connectivity index (χ4v) is 2.55. The highest BCUT2D eigenvalue weighted by molar-refractivity contribution is 5.85. The van der Waals surface area contributed by atoms with Gasteiger partial charge in [0, 0.05) is 5.92 Å². The van der Waals surface area contributed by atoms with Crippen molar-refractivity contribution in [2.24, 2.45) is 11.8 Å². The van der Waals surface area contributed by atoms with Crippen LogP contribution >= 0.6 is 0 Å². The Labute approximate surface area is 115 Å². The quantitative estimate of drug-likeness (QED) is 0.819. The van der Waals surface area contributed by atoms with Gasteiger partial charge in [-0.1, -0.05) is 13.3 Å². The number of aliphatic carboxylic acids is 1. The van der Waals surface area contributed by atoms with Gasteiger partial charge in [-0.2, -0.15) is 13.2 Å². The van der Waals surface area contributed by atoms with Gasteiger partial charge in [0.05, 0.1) is 6.42 Å². The molecule has 0 radical (unpaired) electrons. The van der Waals surface area contributed by atoms with Gasteiger partial charge < -0.3 is 10.4 Å². The Morgan fingerprint density at radius 2 is 1.80 bits per heavy atom. The van der Waals surface area contributed by atoms with E-state index in [4.69, 9.17) is 5.11 Å². The lowest BCUT2D eigenvalue weighted by Gasteiger charge is -2.28. The molecule has 0 aromatic heterocycles. The van der Waals surface area contributed by atoms with E-state index >= 15 is 0 Å². The first kappa shape index (κ1) is 16.8. The zero-order valence-corrected chi connectivity index (χ0v) is 11.4. The van der Waals surface area contributed by atoms with E-state index in [9.17, 15) is 22.8 Å². The largest absolute Gasteiger partial charge is 0.480 e. The molecule has 0 saturated heterocycles. The van der Waals surface area contributed by atoms with Crippen molar-refractivity contribution in [2.45, 2.75) is 57.7 Å². The lowest BCUT2D eigenvalue weighted by Crippen LogP contribution is -2.46. The number of carbonyl (C=O) groups is 2. The minimum atomic E-state index is -4.61. The van der Waals surface area contributed by atoms with E-state index in [-0.39, 0.29) is 5.92 Å². The number of halogens is 3. The predicted octanol–water partition coefficient (Wildman–Crippen LogP) is 2.72. The third-order valence-electron chi connectivity index (χ3n) is 3.85. The van der Waals surface area contributed by atoms with Gasteiger partial charge in [0.15, 0.2) is 0 Å². The van der Waals surface area contributed by atoms with Crippen molar-refractivity contribution in [3.63, 3.8) is 0 Å². The van der Waals surface area contributed by atoms with Crippen molar-refractivity contribution in [1.29, 1.82) is 0 Å². The van der Waals surface area contributed by atoms with E-state index in [2.05, 4.69) is 6.92 Å². The minimum Gasteiger partial charge on any atom is -0.480 e. The molecule has 116 valence electrons.